The highest BCUT2D eigenvalue weighted by Gasteiger charge is 2.50. The van der Waals surface area contributed by atoms with Crippen LogP contribution in [0.5, 0.6) is 0 Å². The molecular formula is C22H33N3O3. The van der Waals surface area contributed by atoms with E-state index in [9.17, 15) is 14.7 Å². The molecule has 0 radical (unpaired) electrons. The maximum atomic E-state index is 12.6. The van der Waals surface area contributed by atoms with Gasteiger partial charge in [-0.2, -0.15) is 0 Å². The summed E-state index contributed by atoms with van der Waals surface area (Å²) in [6.07, 6.45) is 4.02. The van der Waals surface area contributed by atoms with E-state index in [1.54, 1.807) is 9.80 Å². The van der Waals surface area contributed by atoms with Crippen LogP contribution in [0, 0.1) is 0 Å². The minimum atomic E-state index is -0.252. The third kappa shape index (κ3) is 4.80. The average molecular weight is 388 g/mol. The van der Waals surface area contributed by atoms with Crippen molar-refractivity contribution < 1.29 is 14.7 Å². The number of benzene rings is 1. The van der Waals surface area contributed by atoms with E-state index in [1.165, 1.54) is 6.92 Å². The number of hydrogen-bond donors (Lipinski definition) is 1. The molecule has 0 aromatic heterocycles. The highest BCUT2D eigenvalue weighted by atomic mass is 16.3. The number of amides is 2. The number of rotatable bonds is 8. The van der Waals surface area contributed by atoms with Gasteiger partial charge in [0.15, 0.2) is 0 Å². The average Bonchev–Trinajstić information content (AvgIpc) is 2.62. The summed E-state index contributed by atoms with van der Waals surface area (Å²) in [7, 11) is 3.74. The van der Waals surface area contributed by atoms with E-state index in [0.717, 1.165) is 11.1 Å². The zero-order chi connectivity index (χ0) is 20.8. The van der Waals surface area contributed by atoms with E-state index in [4.69, 9.17) is 0 Å². The van der Waals surface area contributed by atoms with E-state index >= 15 is 0 Å². The maximum absolute atomic E-state index is 12.6. The first-order valence-corrected chi connectivity index (χ1v) is 9.88. The van der Waals surface area contributed by atoms with E-state index in [2.05, 4.69) is 12.1 Å². The van der Waals surface area contributed by atoms with Crippen molar-refractivity contribution in [1.82, 2.24) is 14.7 Å². The monoisotopic (exact) mass is 387 g/mol. The molecule has 6 heteroatoms. The molecule has 3 atom stereocenters. The summed E-state index contributed by atoms with van der Waals surface area (Å²) < 4.78 is 0. The van der Waals surface area contributed by atoms with Crippen LogP contribution in [0.4, 0.5) is 0 Å². The van der Waals surface area contributed by atoms with E-state index < -0.39 is 0 Å². The molecular weight excluding hydrogens is 354 g/mol. The molecule has 0 saturated carbocycles. The summed E-state index contributed by atoms with van der Waals surface area (Å²) in [4.78, 5) is 30.2. The molecule has 0 bridgehead atoms. The summed E-state index contributed by atoms with van der Waals surface area (Å²) in [6, 6.07) is 7.83. The first kappa shape index (κ1) is 22.1. The van der Waals surface area contributed by atoms with Gasteiger partial charge in [0.1, 0.15) is 0 Å². The van der Waals surface area contributed by atoms with Crippen molar-refractivity contribution in [2.45, 2.75) is 38.8 Å². The van der Waals surface area contributed by atoms with Crippen molar-refractivity contribution in [3.63, 3.8) is 0 Å². The molecule has 1 heterocycles. The molecule has 1 aromatic rings. The van der Waals surface area contributed by atoms with Gasteiger partial charge in [-0.25, -0.2) is 0 Å². The van der Waals surface area contributed by atoms with Crippen LogP contribution in [0.25, 0.3) is 6.08 Å². The SMILES string of the molecule is C/C=C/c1ccc([C@@H]2[C@@H](CO)N(C(C)=O)[C@@H]2CN(CC)C(=O)CN(C)C)cc1. The Morgan fingerprint density at radius 1 is 1.18 bits per heavy atom. The molecule has 1 aliphatic heterocycles. The number of allylic oxidation sites excluding steroid dienone is 1. The van der Waals surface area contributed by atoms with Crippen molar-refractivity contribution in [2.24, 2.45) is 0 Å². The van der Waals surface area contributed by atoms with Gasteiger partial charge in [0, 0.05) is 25.9 Å². The van der Waals surface area contributed by atoms with Crippen LogP contribution in [-0.4, -0.2) is 84.0 Å². The van der Waals surface area contributed by atoms with Crippen molar-refractivity contribution in [3.05, 3.63) is 41.5 Å². The molecule has 0 aliphatic carbocycles. The summed E-state index contributed by atoms with van der Waals surface area (Å²) in [5.41, 5.74) is 2.20. The predicted molar refractivity (Wildman–Crippen MR) is 112 cm³/mol. The van der Waals surface area contributed by atoms with E-state index in [0.29, 0.717) is 19.6 Å². The quantitative estimate of drug-likeness (QED) is 0.739. The Balaban J connectivity index is 2.27. The van der Waals surface area contributed by atoms with Crippen LogP contribution in [0.2, 0.25) is 0 Å². The Kier molecular flexibility index (Phi) is 7.78. The second-order valence-electron chi connectivity index (χ2n) is 7.61. The van der Waals surface area contributed by atoms with Gasteiger partial charge in [0.2, 0.25) is 11.8 Å². The standard InChI is InChI=1S/C22H33N3O3/c1-6-8-17-9-11-18(12-10-17)22-19(25(16(3)27)20(22)15-26)13-24(7-2)21(28)14-23(4)5/h6,8-12,19-20,22,26H,7,13-15H2,1-5H3/b8-6+/t19-,20-,22+/m1/s1. The second kappa shape index (κ2) is 9.85. The third-order valence-electron chi connectivity index (χ3n) is 5.37. The molecule has 1 N–H and O–H groups in total. The van der Waals surface area contributed by atoms with Crippen LogP contribution >= 0.6 is 0 Å². The number of nitrogens with zero attached hydrogens (tertiary/aromatic N) is 3. The fourth-order valence-electron chi connectivity index (χ4n) is 4.09. The lowest BCUT2D eigenvalue weighted by atomic mass is 9.74. The second-order valence-corrected chi connectivity index (χ2v) is 7.61. The maximum Gasteiger partial charge on any atom is 0.236 e. The van der Waals surface area contributed by atoms with Gasteiger partial charge >= 0.3 is 0 Å². The zero-order valence-corrected chi connectivity index (χ0v) is 17.6. The lowest BCUT2D eigenvalue weighted by Gasteiger charge is -2.55. The molecule has 1 aliphatic rings. The molecule has 6 nitrogen and oxygen atoms in total. The van der Waals surface area contributed by atoms with Gasteiger partial charge in [-0.05, 0) is 39.1 Å². The topological polar surface area (TPSA) is 64.1 Å². The molecule has 1 aromatic carbocycles. The molecule has 0 spiro atoms. The van der Waals surface area contributed by atoms with Gasteiger partial charge in [-0.3, -0.25) is 9.59 Å². The Labute approximate surface area is 168 Å². The third-order valence-corrected chi connectivity index (χ3v) is 5.37. The van der Waals surface area contributed by atoms with Crippen molar-refractivity contribution in [1.29, 1.82) is 0 Å². The van der Waals surface area contributed by atoms with Crippen molar-refractivity contribution in [3.8, 4) is 0 Å². The summed E-state index contributed by atoms with van der Waals surface area (Å²) in [6.45, 7) is 6.77. The van der Waals surface area contributed by atoms with Crippen molar-refractivity contribution in [2.75, 3.05) is 40.3 Å². The van der Waals surface area contributed by atoms with Gasteiger partial charge in [0.05, 0.1) is 25.2 Å². The summed E-state index contributed by atoms with van der Waals surface area (Å²) in [5.74, 6) is -0.0117. The minimum Gasteiger partial charge on any atom is -0.394 e. The Morgan fingerprint density at radius 2 is 1.82 bits per heavy atom. The van der Waals surface area contributed by atoms with Crippen molar-refractivity contribution >= 4 is 17.9 Å². The fraction of sp³-hybridized carbons (Fsp3) is 0.545. The smallest absolute Gasteiger partial charge is 0.236 e. The van der Waals surface area contributed by atoms with Crippen LogP contribution in [-0.2, 0) is 9.59 Å². The lowest BCUT2D eigenvalue weighted by Crippen LogP contribution is -2.68. The van der Waals surface area contributed by atoms with Crippen LogP contribution in [0.15, 0.2) is 30.3 Å². The largest absolute Gasteiger partial charge is 0.394 e. The molecule has 154 valence electrons. The van der Waals surface area contributed by atoms with Gasteiger partial charge < -0.3 is 19.8 Å². The van der Waals surface area contributed by atoms with Gasteiger partial charge in [-0.1, -0.05) is 36.4 Å². The Morgan fingerprint density at radius 3 is 2.29 bits per heavy atom. The van der Waals surface area contributed by atoms with Gasteiger partial charge in [0.25, 0.3) is 0 Å². The number of carbonyl (C=O) groups excluding carboxylic acids is 2. The molecule has 2 amide bonds. The highest BCUT2D eigenvalue weighted by molar-refractivity contribution is 5.79. The molecule has 0 unspecified atom stereocenters. The number of aliphatic hydroxyl groups is 1. The molecule has 1 fully saturated rings. The van der Waals surface area contributed by atoms with E-state index in [1.807, 2.05) is 57.1 Å². The summed E-state index contributed by atoms with van der Waals surface area (Å²) >= 11 is 0. The highest BCUT2D eigenvalue weighted by Crippen LogP contribution is 2.41. The number of aliphatic hydroxyl groups excluding tert-OH is 1. The van der Waals surface area contributed by atoms with Crippen LogP contribution < -0.4 is 0 Å². The lowest BCUT2D eigenvalue weighted by molar-refractivity contribution is -0.152. The van der Waals surface area contributed by atoms with E-state index in [-0.39, 0.29) is 36.4 Å². The molecule has 1 saturated heterocycles. The number of likely N-dealkylation sites (tertiary alicyclic amines) is 1. The first-order valence-electron chi connectivity index (χ1n) is 9.88. The minimum absolute atomic E-state index is 0.00904. The normalized spacial score (nSPS) is 21.8. The molecule has 28 heavy (non-hydrogen) atoms. The van der Waals surface area contributed by atoms with Crippen LogP contribution in [0.3, 0.4) is 0 Å². The predicted octanol–water partition coefficient (Wildman–Crippen LogP) is 1.80. The number of carbonyl (C=O) groups is 2. The fourth-order valence-corrected chi connectivity index (χ4v) is 4.09. The van der Waals surface area contributed by atoms with Crippen LogP contribution in [0.1, 0.15) is 37.8 Å². The first-order chi connectivity index (χ1) is 13.3. The Bertz CT molecular complexity index is 699. The summed E-state index contributed by atoms with van der Waals surface area (Å²) in [5, 5.41) is 9.92. The van der Waals surface area contributed by atoms with Gasteiger partial charge in [-0.15, -0.1) is 0 Å². The number of likely N-dealkylation sites (N-methyl/N-ethyl adjacent to an activating group) is 2. The zero-order valence-electron chi connectivity index (χ0n) is 17.6. The molecule has 2 rings (SSSR count). The number of hydrogen-bond acceptors (Lipinski definition) is 4. The Hall–Kier alpha value is -2.18.